The van der Waals surface area contributed by atoms with Gasteiger partial charge in [-0.2, -0.15) is 0 Å². The molecular weight excluding hydrogens is 424 g/mol. The zero-order valence-corrected chi connectivity index (χ0v) is 18.7. The highest BCUT2D eigenvalue weighted by Crippen LogP contribution is 2.28. The highest BCUT2D eigenvalue weighted by Gasteiger charge is 2.18. The molecule has 0 fully saturated rings. The fourth-order valence-corrected chi connectivity index (χ4v) is 3.31. The van der Waals surface area contributed by atoms with Gasteiger partial charge in [-0.25, -0.2) is 14.3 Å². The van der Waals surface area contributed by atoms with Gasteiger partial charge >= 0.3 is 5.69 Å². The largest absolute Gasteiger partial charge is 0.493 e. The molecule has 0 aliphatic heterocycles. The lowest BCUT2D eigenvalue weighted by Gasteiger charge is -2.10. The number of methoxy groups -OCH3 is 2. The van der Waals surface area contributed by atoms with Crippen LogP contribution in [-0.4, -0.2) is 46.1 Å². The maximum Gasteiger partial charge on any atom is 0.334 e. The monoisotopic (exact) mass is 448 g/mol. The Morgan fingerprint density at radius 2 is 1.76 bits per heavy atom. The summed E-state index contributed by atoms with van der Waals surface area (Å²) in [5, 5.41) is 0. The maximum absolute atomic E-state index is 12.9. The predicted octanol–water partition coefficient (Wildman–Crippen LogP) is 1.37. The van der Waals surface area contributed by atoms with Crippen LogP contribution in [0.4, 0.5) is 0 Å². The standard InChI is InChI=1S/C24H24N4O5/c1-6-12-27-22-21(23(29)28(13-7-2)24(27)30)26(3)20(25-22)11-9-17-8-10-18(19(16-17)32-5)33-15-14-31-4/h1-2,8-11,16H,12-15H2,3-5H3. The molecule has 0 bridgehead atoms. The fourth-order valence-electron chi connectivity index (χ4n) is 3.31. The fraction of sp³-hybridized carbons (Fsp3) is 0.292. The van der Waals surface area contributed by atoms with Crippen LogP contribution in [0.2, 0.25) is 0 Å². The molecule has 0 unspecified atom stereocenters. The lowest BCUT2D eigenvalue weighted by Crippen LogP contribution is -2.40. The van der Waals surface area contributed by atoms with Crippen LogP contribution in [0.5, 0.6) is 11.5 Å². The molecule has 9 heteroatoms. The highest BCUT2D eigenvalue weighted by atomic mass is 16.5. The zero-order chi connectivity index (χ0) is 24.0. The molecular formula is C24H24N4O5. The molecule has 0 saturated carbocycles. The highest BCUT2D eigenvalue weighted by molar-refractivity contribution is 5.77. The first kappa shape index (κ1) is 23.5. The summed E-state index contributed by atoms with van der Waals surface area (Å²) < 4.78 is 19.9. The van der Waals surface area contributed by atoms with Gasteiger partial charge in [0, 0.05) is 14.2 Å². The summed E-state index contributed by atoms with van der Waals surface area (Å²) in [6.45, 7) is 0.666. The first-order chi connectivity index (χ1) is 16.0. The second-order valence-electron chi connectivity index (χ2n) is 6.95. The Balaban J connectivity index is 2.04. The van der Waals surface area contributed by atoms with Gasteiger partial charge in [-0.3, -0.25) is 9.36 Å². The average Bonchev–Trinajstić information content (AvgIpc) is 3.14. The number of fused-ring (bicyclic) bond motifs is 1. The van der Waals surface area contributed by atoms with Crippen LogP contribution in [-0.2, 0) is 24.9 Å². The van der Waals surface area contributed by atoms with Crippen molar-refractivity contribution in [1.82, 2.24) is 18.7 Å². The van der Waals surface area contributed by atoms with Gasteiger partial charge in [0.1, 0.15) is 12.4 Å². The molecule has 0 aliphatic rings. The third-order valence-electron chi connectivity index (χ3n) is 4.93. The Hall–Kier alpha value is -4.21. The van der Waals surface area contributed by atoms with Crippen molar-refractivity contribution in [3.63, 3.8) is 0 Å². The average molecular weight is 448 g/mol. The Morgan fingerprint density at radius 1 is 1.03 bits per heavy atom. The van der Waals surface area contributed by atoms with E-state index in [1.54, 1.807) is 38.0 Å². The number of rotatable bonds is 9. The number of hydrogen-bond acceptors (Lipinski definition) is 6. The molecule has 2 heterocycles. The van der Waals surface area contributed by atoms with Crippen molar-refractivity contribution < 1.29 is 14.2 Å². The SMILES string of the molecule is C#CCn1c(=O)c2c(nc(C=Cc3ccc(OCCOC)c(OC)c3)n2C)n(CC#C)c1=O. The normalized spacial score (nSPS) is 10.9. The van der Waals surface area contributed by atoms with Gasteiger partial charge in [-0.05, 0) is 23.8 Å². The quantitative estimate of drug-likeness (QED) is 0.363. The van der Waals surface area contributed by atoms with Crippen molar-refractivity contribution in [2.24, 2.45) is 7.05 Å². The van der Waals surface area contributed by atoms with Crippen molar-refractivity contribution in [3.05, 3.63) is 50.4 Å². The second kappa shape index (κ2) is 10.4. The van der Waals surface area contributed by atoms with Gasteiger partial charge in [-0.15, -0.1) is 12.8 Å². The van der Waals surface area contributed by atoms with E-state index in [-0.39, 0.29) is 24.3 Å². The van der Waals surface area contributed by atoms with Gasteiger partial charge in [-0.1, -0.05) is 24.0 Å². The molecule has 0 amide bonds. The lowest BCUT2D eigenvalue weighted by atomic mass is 10.2. The van der Waals surface area contributed by atoms with Crippen molar-refractivity contribution in [2.45, 2.75) is 13.1 Å². The van der Waals surface area contributed by atoms with Crippen molar-refractivity contribution in [1.29, 1.82) is 0 Å². The summed E-state index contributed by atoms with van der Waals surface area (Å²) in [7, 11) is 4.85. The van der Waals surface area contributed by atoms with E-state index in [1.165, 1.54) is 4.57 Å². The molecule has 0 radical (unpaired) electrons. The van der Waals surface area contributed by atoms with Crippen LogP contribution < -0.4 is 20.7 Å². The number of terminal acetylenes is 2. The van der Waals surface area contributed by atoms with Gasteiger partial charge in [0.2, 0.25) is 0 Å². The second-order valence-corrected chi connectivity index (χ2v) is 6.95. The van der Waals surface area contributed by atoms with E-state index >= 15 is 0 Å². The van der Waals surface area contributed by atoms with Crippen LogP contribution >= 0.6 is 0 Å². The number of aryl methyl sites for hydroxylation is 1. The van der Waals surface area contributed by atoms with Crippen LogP contribution in [0.3, 0.4) is 0 Å². The van der Waals surface area contributed by atoms with Gasteiger partial charge < -0.3 is 18.8 Å². The molecule has 1 aromatic carbocycles. The molecule has 33 heavy (non-hydrogen) atoms. The number of aromatic nitrogens is 4. The van der Waals surface area contributed by atoms with Crippen molar-refractivity contribution in [3.8, 4) is 36.2 Å². The topological polar surface area (TPSA) is 89.5 Å². The van der Waals surface area contributed by atoms with E-state index in [1.807, 2.05) is 18.2 Å². The first-order valence-electron chi connectivity index (χ1n) is 10.0. The van der Waals surface area contributed by atoms with E-state index in [2.05, 4.69) is 16.8 Å². The summed E-state index contributed by atoms with van der Waals surface area (Å²) in [6, 6.07) is 5.47. The van der Waals surface area contributed by atoms with E-state index in [9.17, 15) is 9.59 Å². The van der Waals surface area contributed by atoms with Crippen molar-refractivity contribution in [2.75, 3.05) is 27.4 Å². The Labute approximate surface area is 190 Å². The Kier molecular flexibility index (Phi) is 7.39. The van der Waals surface area contributed by atoms with Crippen LogP contribution in [0.15, 0.2) is 27.8 Å². The number of ether oxygens (including phenoxy) is 3. The molecule has 170 valence electrons. The number of benzene rings is 1. The maximum atomic E-state index is 12.9. The molecule has 2 aromatic heterocycles. The predicted molar refractivity (Wildman–Crippen MR) is 126 cm³/mol. The molecule has 9 nitrogen and oxygen atoms in total. The summed E-state index contributed by atoms with van der Waals surface area (Å²) in [5.41, 5.74) is 0.154. The minimum Gasteiger partial charge on any atom is -0.493 e. The number of hydrogen-bond donors (Lipinski definition) is 0. The van der Waals surface area contributed by atoms with Crippen LogP contribution in [0.1, 0.15) is 11.4 Å². The minimum atomic E-state index is -0.592. The van der Waals surface area contributed by atoms with E-state index in [0.717, 1.165) is 10.1 Å². The molecule has 3 aromatic rings. The van der Waals surface area contributed by atoms with E-state index < -0.39 is 11.2 Å². The number of imidazole rings is 1. The van der Waals surface area contributed by atoms with E-state index in [4.69, 9.17) is 27.1 Å². The van der Waals surface area contributed by atoms with Crippen LogP contribution in [0, 0.1) is 24.7 Å². The molecule has 0 spiro atoms. The third kappa shape index (κ3) is 4.69. The van der Waals surface area contributed by atoms with Crippen molar-refractivity contribution >= 4 is 23.3 Å². The molecule has 0 aliphatic carbocycles. The van der Waals surface area contributed by atoms with E-state index in [0.29, 0.717) is 30.5 Å². The van der Waals surface area contributed by atoms with Crippen LogP contribution in [0.25, 0.3) is 23.3 Å². The molecule has 0 atom stereocenters. The summed E-state index contributed by atoms with van der Waals surface area (Å²) in [6.07, 6.45) is 14.3. The summed E-state index contributed by atoms with van der Waals surface area (Å²) >= 11 is 0. The van der Waals surface area contributed by atoms with Gasteiger partial charge in [0.05, 0.1) is 26.8 Å². The Bertz CT molecular complexity index is 1400. The Morgan fingerprint density at radius 3 is 2.42 bits per heavy atom. The molecule has 0 saturated heterocycles. The smallest absolute Gasteiger partial charge is 0.334 e. The minimum absolute atomic E-state index is 0.0396. The number of nitrogens with zero attached hydrogens (tertiary/aromatic N) is 4. The summed E-state index contributed by atoms with van der Waals surface area (Å²) in [5.74, 6) is 6.38. The summed E-state index contributed by atoms with van der Waals surface area (Å²) in [4.78, 5) is 30.1. The zero-order valence-electron chi connectivity index (χ0n) is 18.7. The lowest BCUT2D eigenvalue weighted by molar-refractivity contribution is 0.144. The first-order valence-corrected chi connectivity index (χ1v) is 10.0. The molecule has 0 N–H and O–H groups in total. The molecule has 3 rings (SSSR count). The third-order valence-corrected chi connectivity index (χ3v) is 4.93. The van der Waals surface area contributed by atoms with Gasteiger partial charge in [0.25, 0.3) is 5.56 Å². The van der Waals surface area contributed by atoms with Gasteiger partial charge in [0.15, 0.2) is 22.7 Å².